The standard InChI is InChI=1S/C12H12ClN5O2/c1-18-10(12(20)16-14)6-9(17-18)11(19)15-8-5-3-2-4-7(8)13/h2-6H,14H2,1H3,(H,15,19)(H,16,20). The van der Waals surface area contributed by atoms with Crippen molar-refractivity contribution in [2.24, 2.45) is 12.9 Å². The minimum Gasteiger partial charge on any atom is -0.319 e. The summed E-state index contributed by atoms with van der Waals surface area (Å²) in [4.78, 5) is 23.5. The molecule has 2 rings (SSSR count). The molecule has 0 aliphatic carbocycles. The fourth-order valence-corrected chi connectivity index (χ4v) is 1.80. The van der Waals surface area contributed by atoms with Crippen molar-refractivity contribution in [1.29, 1.82) is 0 Å². The molecule has 2 amide bonds. The van der Waals surface area contributed by atoms with Crippen LogP contribution in [0, 0.1) is 0 Å². The Morgan fingerprint density at radius 3 is 2.65 bits per heavy atom. The number of hydrogen-bond donors (Lipinski definition) is 3. The summed E-state index contributed by atoms with van der Waals surface area (Å²) in [6.45, 7) is 0. The number of anilines is 1. The van der Waals surface area contributed by atoms with Crippen molar-refractivity contribution in [3.05, 3.63) is 46.7 Å². The van der Waals surface area contributed by atoms with Crippen LogP contribution >= 0.6 is 11.6 Å². The number of carbonyl (C=O) groups excluding carboxylic acids is 2. The summed E-state index contributed by atoms with van der Waals surface area (Å²) < 4.78 is 1.27. The zero-order valence-electron chi connectivity index (χ0n) is 10.6. The van der Waals surface area contributed by atoms with Crippen molar-refractivity contribution < 1.29 is 9.59 Å². The van der Waals surface area contributed by atoms with Gasteiger partial charge in [0.05, 0.1) is 10.7 Å². The molecule has 0 atom stereocenters. The molecule has 0 unspecified atom stereocenters. The summed E-state index contributed by atoms with van der Waals surface area (Å²) in [5, 5.41) is 6.98. The number of hydrogen-bond acceptors (Lipinski definition) is 4. The van der Waals surface area contributed by atoms with Gasteiger partial charge in [-0.15, -0.1) is 0 Å². The van der Waals surface area contributed by atoms with E-state index < -0.39 is 11.8 Å². The fourth-order valence-electron chi connectivity index (χ4n) is 1.61. The van der Waals surface area contributed by atoms with Gasteiger partial charge in [0, 0.05) is 13.1 Å². The van der Waals surface area contributed by atoms with Gasteiger partial charge in [-0.2, -0.15) is 5.10 Å². The number of aryl methyl sites for hydroxylation is 1. The molecule has 104 valence electrons. The highest BCUT2D eigenvalue weighted by molar-refractivity contribution is 6.33. The first kappa shape index (κ1) is 14.0. The van der Waals surface area contributed by atoms with E-state index >= 15 is 0 Å². The van der Waals surface area contributed by atoms with E-state index in [4.69, 9.17) is 17.4 Å². The minimum atomic E-state index is -0.531. The van der Waals surface area contributed by atoms with E-state index in [1.807, 2.05) is 5.43 Å². The van der Waals surface area contributed by atoms with Crippen LogP contribution in [0.4, 0.5) is 5.69 Å². The summed E-state index contributed by atoms with van der Waals surface area (Å²) in [5.41, 5.74) is 2.71. The van der Waals surface area contributed by atoms with E-state index in [9.17, 15) is 9.59 Å². The number of nitrogens with two attached hydrogens (primary N) is 1. The summed E-state index contributed by atoms with van der Waals surface area (Å²) in [7, 11) is 1.54. The van der Waals surface area contributed by atoms with Gasteiger partial charge in [-0.1, -0.05) is 23.7 Å². The summed E-state index contributed by atoms with van der Waals surface area (Å²) in [5.74, 6) is 4.04. The quantitative estimate of drug-likeness (QED) is 0.445. The van der Waals surface area contributed by atoms with Crippen LogP contribution in [0.2, 0.25) is 5.02 Å². The Hall–Kier alpha value is -2.38. The highest BCUT2D eigenvalue weighted by atomic mass is 35.5. The van der Waals surface area contributed by atoms with Crippen molar-refractivity contribution in [3.8, 4) is 0 Å². The number of para-hydroxylation sites is 1. The van der Waals surface area contributed by atoms with Crippen LogP contribution < -0.4 is 16.6 Å². The highest BCUT2D eigenvalue weighted by Gasteiger charge is 2.17. The van der Waals surface area contributed by atoms with E-state index in [2.05, 4.69) is 10.4 Å². The third-order valence-electron chi connectivity index (χ3n) is 2.60. The van der Waals surface area contributed by atoms with Crippen molar-refractivity contribution in [3.63, 3.8) is 0 Å². The van der Waals surface area contributed by atoms with Crippen LogP contribution in [0.15, 0.2) is 30.3 Å². The fraction of sp³-hybridized carbons (Fsp3) is 0.0833. The topological polar surface area (TPSA) is 102 Å². The van der Waals surface area contributed by atoms with Crippen LogP contribution in [0.25, 0.3) is 0 Å². The summed E-state index contributed by atoms with van der Waals surface area (Å²) >= 11 is 5.94. The molecule has 0 aliphatic rings. The van der Waals surface area contributed by atoms with Crippen LogP contribution in [0.1, 0.15) is 21.0 Å². The second-order valence-electron chi connectivity index (χ2n) is 3.95. The van der Waals surface area contributed by atoms with Crippen LogP contribution in [-0.4, -0.2) is 21.6 Å². The lowest BCUT2D eigenvalue weighted by Gasteiger charge is -2.04. The zero-order valence-corrected chi connectivity index (χ0v) is 11.3. The molecule has 1 heterocycles. The number of nitrogens with one attached hydrogen (secondary N) is 2. The van der Waals surface area contributed by atoms with Gasteiger partial charge in [0.15, 0.2) is 5.69 Å². The Morgan fingerprint density at radius 1 is 1.30 bits per heavy atom. The number of halogens is 1. The number of rotatable bonds is 3. The average Bonchev–Trinajstić information content (AvgIpc) is 2.82. The molecule has 8 heteroatoms. The molecule has 4 N–H and O–H groups in total. The van der Waals surface area contributed by atoms with Crippen LogP contribution in [-0.2, 0) is 7.05 Å². The van der Waals surface area contributed by atoms with Crippen molar-refractivity contribution in [2.45, 2.75) is 0 Å². The summed E-state index contributed by atoms with van der Waals surface area (Å²) in [6.07, 6.45) is 0. The predicted molar refractivity (Wildman–Crippen MR) is 74.3 cm³/mol. The first-order chi connectivity index (χ1) is 9.52. The van der Waals surface area contributed by atoms with Gasteiger partial charge in [0.2, 0.25) is 0 Å². The van der Waals surface area contributed by atoms with Gasteiger partial charge in [0.25, 0.3) is 11.8 Å². The van der Waals surface area contributed by atoms with Gasteiger partial charge in [0.1, 0.15) is 5.69 Å². The first-order valence-electron chi connectivity index (χ1n) is 5.64. The average molecular weight is 294 g/mol. The molecule has 0 radical (unpaired) electrons. The lowest BCUT2D eigenvalue weighted by molar-refractivity contribution is 0.0943. The van der Waals surface area contributed by atoms with Gasteiger partial charge in [-0.3, -0.25) is 19.7 Å². The van der Waals surface area contributed by atoms with E-state index in [0.717, 1.165) is 0 Å². The molecular formula is C12H12ClN5O2. The van der Waals surface area contributed by atoms with Gasteiger partial charge in [-0.05, 0) is 12.1 Å². The molecule has 0 spiro atoms. The number of amides is 2. The van der Waals surface area contributed by atoms with E-state index in [0.29, 0.717) is 10.7 Å². The Kier molecular flexibility index (Phi) is 4.02. The maximum Gasteiger partial charge on any atom is 0.283 e. The second-order valence-corrected chi connectivity index (χ2v) is 4.35. The maximum atomic E-state index is 12.0. The molecule has 0 aliphatic heterocycles. The minimum absolute atomic E-state index is 0.0889. The Balaban J connectivity index is 2.22. The largest absolute Gasteiger partial charge is 0.319 e. The Bertz CT molecular complexity index is 668. The molecule has 1 aromatic heterocycles. The number of aromatic nitrogens is 2. The lowest BCUT2D eigenvalue weighted by atomic mass is 10.3. The molecular weight excluding hydrogens is 282 g/mol. The van der Waals surface area contributed by atoms with Crippen molar-refractivity contribution in [2.75, 3.05) is 5.32 Å². The highest BCUT2D eigenvalue weighted by Crippen LogP contribution is 2.21. The monoisotopic (exact) mass is 293 g/mol. The molecule has 7 nitrogen and oxygen atoms in total. The number of carbonyl (C=O) groups is 2. The molecule has 0 saturated heterocycles. The third-order valence-corrected chi connectivity index (χ3v) is 2.93. The summed E-state index contributed by atoms with van der Waals surface area (Å²) in [6, 6.07) is 8.16. The number of nitrogens with zero attached hydrogens (tertiary/aromatic N) is 2. The van der Waals surface area contributed by atoms with Gasteiger partial charge in [-0.25, -0.2) is 5.84 Å². The van der Waals surface area contributed by atoms with Crippen LogP contribution in [0.3, 0.4) is 0 Å². The zero-order chi connectivity index (χ0) is 14.7. The lowest BCUT2D eigenvalue weighted by Crippen LogP contribution is -2.31. The van der Waals surface area contributed by atoms with Crippen molar-refractivity contribution >= 4 is 29.1 Å². The second kappa shape index (κ2) is 5.72. The predicted octanol–water partition coefficient (Wildman–Crippen LogP) is 0.929. The normalized spacial score (nSPS) is 10.2. The smallest absolute Gasteiger partial charge is 0.283 e. The molecule has 0 saturated carbocycles. The molecule has 0 fully saturated rings. The van der Waals surface area contributed by atoms with E-state index in [1.54, 1.807) is 24.3 Å². The van der Waals surface area contributed by atoms with E-state index in [-0.39, 0.29) is 11.4 Å². The van der Waals surface area contributed by atoms with Crippen molar-refractivity contribution in [1.82, 2.24) is 15.2 Å². The SMILES string of the molecule is Cn1nc(C(=O)Nc2ccccc2Cl)cc1C(=O)NN. The van der Waals surface area contributed by atoms with Gasteiger partial charge >= 0.3 is 0 Å². The van der Waals surface area contributed by atoms with Crippen LogP contribution in [0.5, 0.6) is 0 Å². The number of benzene rings is 1. The third kappa shape index (κ3) is 2.79. The van der Waals surface area contributed by atoms with Gasteiger partial charge < -0.3 is 5.32 Å². The maximum absolute atomic E-state index is 12.0. The molecule has 1 aromatic carbocycles. The first-order valence-corrected chi connectivity index (χ1v) is 6.01. The molecule has 20 heavy (non-hydrogen) atoms. The van der Waals surface area contributed by atoms with E-state index in [1.165, 1.54) is 17.8 Å². The number of nitrogen functional groups attached to an aromatic ring is 1. The Morgan fingerprint density at radius 2 is 2.00 bits per heavy atom. The number of hydrazine groups is 1. The molecule has 2 aromatic rings. The molecule has 0 bridgehead atoms. The Labute approximate surface area is 119 Å².